The van der Waals surface area contributed by atoms with Gasteiger partial charge in [0.25, 0.3) is 0 Å². The average molecular weight is 226 g/mol. The predicted octanol–water partition coefficient (Wildman–Crippen LogP) is -0.649. The minimum Gasteiger partial charge on any atom is -0.481 e. The number of carboxylic acid groups (broad SMARTS) is 1. The van der Waals surface area contributed by atoms with Gasteiger partial charge in [-0.1, -0.05) is 0 Å². The Labute approximate surface area is 92.2 Å². The lowest BCUT2D eigenvalue weighted by Gasteiger charge is -2.26. The van der Waals surface area contributed by atoms with Gasteiger partial charge in [-0.05, 0) is 6.42 Å². The molecule has 1 aromatic heterocycles. The molecule has 0 aliphatic carbocycles. The Morgan fingerprint density at radius 1 is 1.62 bits per heavy atom. The van der Waals surface area contributed by atoms with Crippen LogP contribution in [-0.4, -0.2) is 43.6 Å². The van der Waals surface area contributed by atoms with Crippen LogP contribution in [0.1, 0.15) is 24.0 Å². The molecule has 0 radical (unpaired) electrons. The fourth-order valence-electron chi connectivity index (χ4n) is 2.08. The van der Waals surface area contributed by atoms with E-state index >= 15 is 0 Å². The van der Waals surface area contributed by atoms with Crippen molar-refractivity contribution in [3.63, 3.8) is 0 Å². The van der Waals surface area contributed by atoms with Crippen molar-refractivity contribution in [1.29, 1.82) is 0 Å². The molecule has 0 unspecified atom stereocenters. The average Bonchev–Trinajstić information content (AvgIpc) is 2.57. The second-order valence-electron chi connectivity index (χ2n) is 4.06. The molecule has 1 aliphatic heterocycles. The van der Waals surface area contributed by atoms with E-state index in [4.69, 9.17) is 5.11 Å². The van der Waals surface area contributed by atoms with Gasteiger partial charge in [-0.25, -0.2) is 4.98 Å². The third-order valence-corrected chi connectivity index (χ3v) is 2.76. The highest BCUT2D eigenvalue weighted by molar-refractivity contribution is 5.69. The summed E-state index contributed by atoms with van der Waals surface area (Å²) in [6.45, 7) is -0.0765. The molecule has 0 saturated heterocycles. The highest BCUT2D eigenvalue weighted by Crippen LogP contribution is 2.24. The number of nitrogens with zero attached hydrogens (tertiary/aromatic N) is 2. The summed E-state index contributed by atoms with van der Waals surface area (Å²) in [5.74, 6) is -0.286. The standard InChI is InChI=1S/C10H14N2O4/c13-5-7-2-8(14)3-9-11-6(1-10(15)16)4-12(7)9/h4,7-8,13-14H,1-3,5H2,(H,15,16)/t7-,8-/m0/s1. The first-order valence-corrected chi connectivity index (χ1v) is 5.17. The summed E-state index contributed by atoms with van der Waals surface area (Å²) in [6.07, 6.45) is 1.90. The highest BCUT2D eigenvalue weighted by Gasteiger charge is 2.26. The number of aliphatic carboxylic acids is 1. The molecule has 88 valence electrons. The minimum atomic E-state index is -0.934. The molecule has 0 aromatic carbocycles. The maximum Gasteiger partial charge on any atom is 0.309 e. The van der Waals surface area contributed by atoms with Gasteiger partial charge in [0.2, 0.25) is 0 Å². The first kappa shape index (κ1) is 11.1. The first-order valence-electron chi connectivity index (χ1n) is 5.17. The van der Waals surface area contributed by atoms with Crippen LogP contribution in [0.15, 0.2) is 6.20 Å². The van der Waals surface area contributed by atoms with Crippen LogP contribution in [0.25, 0.3) is 0 Å². The third-order valence-electron chi connectivity index (χ3n) is 2.76. The SMILES string of the molecule is O=C(O)Cc1cn2c(n1)C[C@@H](O)C[C@H]2CO. The van der Waals surface area contributed by atoms with Gasteiger partial charge in [0.05, 0.1) is 30.9 Å². The van der Waals surface area contributed by atoms with Crippen molar-refractivity contribution in [2.75, 3.05) is 6.61 Å². The maximum atomic E-state index is 10.5. The van der Waals surface area contributed by atoms with Crippen LogP contribution in [0, 0.1) is 0 Å². The Morgan fingerprint density at radius 2 is 2.38 bits per heavy atom. The summed E-state index contributed by atoms with van der Waals surface area (Å²) in [5, 5.41) is 27.4. The van der Waals surface area contributed by atoms with E-state index in [1.807, 2.05) is 0 Å². The molecular weight excluding hydrogens is 212 g/mol. The fourth-order valence-corrected chi connectivity index (χ4v) is 2.08. The van der Waals surface area contributed by atoms with E-state index in [1.54, 1.807) is 10.8 Å². The van der Waals surface area contributed by atoms with Crippen molar-refractivity contribution >= 4 is 5.97 Å². The van der Waals surface area contributed by atoms with Crippen LogP contribution < -0.4 is 0 Å². The van der Waals surface area contributed by atoms with Crippen molar-refractivity contribution in [1.82, 2.24) is 9.55 Å². The Morgan fingerprint density at radius 3 is 3.00 bits per heavy atom. The van der Waals surface area contributed by atoms with Gasteiger partial charge in [-0.3, -0.25) is 4.79 Å². The summed E-state index contributed by atoms with van der Waals surface area (Å²) in [7, 11) is 0. The molecule has 0 amide bonds. The van der Waals surface area contributed by atoms with E-state index in [1.165, 1.54) is 0 Å². The lowest BCUT2D eigenvalue weighted by atomic mass is 10.0. The number of hydrogen-bond donors (Lipinski definition) is 3. The Balaban J connectivity index is 2.27. The zero-order valence-electron chi connectivity index (χ0n) is 8.70. The van der Waals surface area contributed by atoms with E-state index in [9.17, 15) is 15.0 Å². The van der Waals surface area contributed by atoms with Crippen LogP contribution in [0.5, 0.6) is 0 Å². The molecule has 6 nitrogen and oxygen atoms in total. The molecule has 6 heteroatoms. The minimum absolute atomic E-state index is 0.0765. The number of carbonyl (C=O) groups is 1. The van der Waals surface area contributed by atoms with Crippen molar-refractivity contribution in [3.05, 3.63) is 17.7 Å². The zero-order valence-corrected chi connectivity index (χ0v) is 8.70. The summed E-state index contributed by atoms with van der Waals surface area (Å²) in [5.41, 5.74) is 0.468. The second-order valence-corrected chi connectivity index (χ2v) is 4.06. The van der Waals surface area contributed by atoms with Crippen LogP contribution in [0.3, 0.4) is 0 Å². The molecule has 0 bridgehead atoms. The molecule has 0 spiro atoms. The lowest BCUT2D eigenvalue weighted by molar-refractivity contribution is -0.136. The Bertz CT molecular complexity index is 402. The number of imidazole rings is 1. The summed E-state index contributed by atoms with van der Waals surface area (Å²) < 4.78 is 1.77. The molecule has 0 fully saturated rings. The fraction of sp³-hybridized carbons (Fsp3) is 0.600. The van der Waals surface area contributed by atoms with E-state index in [-0.39, 0.29) is 19.1 Å². The lowest BCUT2D eigenvalue weighted by Crippen LogP contribution is -2.29. The zero-order chi connectivity index (χ0) is 11.7. The van der Waals surface area contributed by atoms with Crippen molar-refractivity contribution in [2.45, 2.75) is 31.4 Å². The summed E-state index contributed by atoms with van der Waals surface area (Å²) >= 11 is 0. The van der Waals surface area contributed by atoms with Gasteiger partial charge in [-0.15, -0.1) is 0 Å². The number of carboxylic acids is 1. The van der Waals surface area contributed by atoms with Gasteiger partial charge < -0.3 is 19.9 Å². The van der Waals surface area contributed by atoms with Gasteiger partial charge >= 0.3 is 5.97 Å². The molecule has 0 saturated carbocycles. The van der Waals surface area contributed by atoms with Gasteiger partial charge in [-0.2, -0.15) is 0 Å². The van der Waals surface area contributed by atoms with E-state index < -0.39 is 12.1 Å². The number of hydrogen-bond acceptors (Lipinski definition) is 4. The van der Waals surface area contributed by atoms with Gasteiger partial charge in [0, 0.05) is 12.6 Å². The van der Waals surface area contributed by atoms with Crippen LogP contribution in [0.2, 0.25) is 0 Å². The van der Waals surface area contributed by atoms with Crippen molar-refractivity contribution in [2.24, 2.45) is 0 Å². The smallest absolute Gasteiger partial charge is 0.309 e. The Kier molecular flexibility index (Phi) is 2.93. The van der Waals surface area contributed by atoms with Gasteiger partial charge in [0.1, 0.15) is 5.82 Å². The molecule has 2 heterocycles. The molecule has 16 heavy (non-hydrogen) atoms. The van der Waals surface area contributed by atoms with E-state index in [2.05, 4.69) is 4.98 Å². The van der Waals surface area contributed by atoms with Crippen molar-refractivity contribution < 1.29 is 20.1 Å². The quantitative estimate of drug-likeness (QED) is 0.636. The number of aliphatic hydroxyl groups is 2. The topological polar surface area (TPSA) is 95.6 Å². The Hall–Kier alpha value is -1.40. The third kappa shape index (κ3) is 2.07. The van der Waals surface area contributed by atoms with E-state index in [0.29, 0.717) is 24.4 Å². The highest BCUT2D eigenvalue weighted by atomic mass is 16.4. The normalized spacial score (nSPS) is 24.1. The summed E-state index contributed by atoms with van der Waals surface area (Å²) in [4.78, 5) is 14.7. The molecule has 2 atom stereocenters. The first-order chi connectivity index (χ1) is 7.60. The van der Waals surface area contributed by atoms with E-state index in [0.717, 1.165) is 0 Å². The van der Waals surface area contributed by atoms with Crippen molar-refractivity contribution in [3.8, 4) is 0 Å². The molecule has 1 aromatic rings. The molecular formula is C10H14N2O4. The predicted molar refractivity (Wildman–Crippen MR) is 54.0 cm³/mol. The van der Waals surface area contributed by atoms with Crippen LogP contribution >= 0.6 is 0 Å². The monoisotopic (exact) mass is 226 g/mol. The number of rotatable bonds is 3. The number of fused-ring (bicyclic) bond motifs is 1. The molecule has 3 N–H and O–H groups in total. The molecule has 2 rings (SSSR count). The summed E-state index contributed by atoms with van der Waals surface area (Å²) in [6, 6.07) is -0.200. The van der Waals surface area contributed by atoms with Gasteiger partial charge in [0.15, 0.2) is 0 Å². The second kappa shape index (κ2) is 4.23. The van der Waals surface area contributed by atoms with Crippen LogP contribution in [-0.2, 0) is 17.6 Å². The number of aromatic nitrogens is 2. The van der Waals surface area contributed by atoms with Crippen LogP contribution in [0.4, 0.5) is 0 Å². The molecule has 1 aliphatic rings. The number of aliphatic hydroxyl groups excluding tert-OH is 2. The maximum absolute atomic E-state index is 10.5. The largest absolute Gasteiger partial charge is 0.481 e.